The third-order valence-corrected chi connectivity index (χ3v) is 2.95. The first-order valence-electron chi connectivity index (χ1n) is 5.23. The van der Waals surface area contributed by atoms with Crippen LogP contribution in [0.25, 0.3) is 21.5 Å². The summed E-state index contributed by atoms with van der Waals surface area (Å²) >= 11 is 0. The van der Waals surface area contributed by atoms with Crippen LogP contribution in [0.5, 0.6) is 17.2 Å². The Hall–Kier alpha value is -2.42. The topological polar surface area (TPSA) is 60.7 Å². The standard InChI is InChI=1S/C14H10O3/c15-12-3-1-2-8-6-9-4-5-13(16)14(17)11(9)7-10(8)12/h1-7,15-17H. The van der Waals surface area contributed by atoms with E-state index in [9.17, 15) is 15.3 Å². The average molecular weight is 226 g/mol. The van der Waals surface area contributed by atoms with Gasteiger partial charge in [-0.1, -0.05) is 18.2 Å². The average Bonchev–Trinajstić information content (AvgIpc) is 2.33. The number of benzene rings is 3. The third kappa shape index (κ3) is 1.36. The Balaban J connectivity index is 2.53. The van der Waals surface area contributed by atoms with Gasteiger partial charge in [-0.15, -0.1) is 0 Å². The van der Waals surface area contributed by atoms with Gasteiger partial charge in [0.2, 0.25) is 0 Å². The molecule has 17 heavy (non-hydrogen) atoms. The summed E-state index contributed by atoms with van der Waals surface area (Å²) in [6, 6.07) is 12.0. The smallest absolute Gasteiger partial charge is 0.165 e. The van der Waals surface area contributed by atoms with E-state index in [-0.39, 0.29) is 17.2 Å². The molecular weight excluding hydrogens is 216 g/mol. The van der Waals surface area contributed by atoms with Gasteiger partial charge in [0.1, 0.15) is 5.75 Å². The molecule has 0 heterocycles. The number of fused-ring (bicyclic) bond motifs is 2. The number of hydrogen-bond acceptors (Lipinski definition) is 3. The normalized spacial score (nSPS) is 11.1. The van der Waals surface area contributed by atoms with E-state index in [1.807, 2.05) is 12.1 Å². The summed E-state index contributed by atoms with van der Waals surface area (Å²) in [5.74, 6) is -0.160. The molecule has 0 aliphatic carbocycles. The maximum atomic E-state index is 9.78. The van der Waals surface area contributed by atoms with E-state index in [4.69, 9.17) is 0 Å². The van der Waals surface area contributed by atoms with Crippen molar-refractivity contribution in [2.75, 3.05) is 0 Å². The molecule has 0 aliphatic heterocycles. The zero-order valence-electron chi connectivity index (χ0n) is 8.88. The van der Waals surface area contributed by atoms with Crippen LogP contribution >= 0.6 is 0 Å². The zero-order chi connectivity index (χ0) is 12.0. The Morgan fingerprint density at radius 2 is 1.41 bits per heavy atom. The lowest BCUT2D eigenvalue weighted by atomic mass is 10.0. The van der Waals surface area contributed by atoms with Gasteiger partial charge in [0.25, 0.3) is 0 Å². The van der Waals surface area contributed by atoms with Crippen LogP contribution < -0.4 is 0 Å². The second-order valence-corrected chi connectivity index (χ2v) is 4.00. The molecule has 0 saturated carbocycles. The van der Waals surface area contributed by atoms with Crippen LogP contribution in [0.2, 0.25) is 0 Å². The van der Waals surface area contributed by atoms with Crippen molar-refractivity contribution in [3.63, 3.8) is 0 Å². The summed E-state index contributed by atoms with van der Waals surface area (Å²) in [5, 5.41) is 31.9. The van der Waals surface area contributed by atoms with Crippen molar-refractivity contribution in [3.8, 4) is 17.2 Å². The summed E-state index contributed by atoms with van der Waals surface area (Å²) < 4.78 is 0. The van der Waals surface area contributed by atoms with Crippen LogP contribution in [0.3, 0.4) is 0 Å². The lowest BCUT2D eigenvalue weighted by Gasteiger charge is -2.06. The largest absolute Gasteiger partial charge is 0.507 e. The molecule has 3 aromatic carbocycles. The van der Waals surface area contributed by atoms with Crippen LogP contribution in [0.4, 0.5) is 0 Å². The van der Waals surface area contributed by atoms with Crippen LogP contribution in [0, 0.1) is 0 Å². The van der Waals surface area contributed by atoms with Gasteiger partial charge in [0.15, 0.2) is 11.5 Å². The number of rotatable bonds is 0. The van der Waals surface area contributed by atoms with Crippen LogP contribution in [-0.2, 0) is 0 Å². The predicted octanol–water partition coefficient (Wildman–Crippen LogP) is 3.11. The Morgan fingerprint density at radius 1 is 0.647 bits per heavy atom. The summed E-state index contributed by atoms with van der Waals surface area (Å²) in [4.78, 5) is 0. The van der Waals surface area contributed by atoms with Gasteiger partial charge in [0, 0.05) is 10.8 Å². The molecule has 3 aromatic rings. The molecule has 0 aromatic heterocycles. The van der Waals surface area contributed by atoms with Gasteiger partial charge in [-0.3, -0.25) is 0 Å². The van der Waals surface area contributed by atoms with Gasteiger partial charge >= 0.3 is 0 Å². The molecule has 3 N–H and O–H groups in total. The lowest BCUT2D eigenvalue weighted by Crippen LogP contribution is -1.79. The fraction of sp³-hybridized carbons (Fsp3) is 0. The summed E-state index contributed by atoms with van der Waals surface area (Å²) in [7, 11) is 0. The third-order valence-electron chi connectivity index (χ3n) is 2.95. The van der Waals surface area contributed by atoms with Crippen LogP contribution in [0.15, 0.2) is 42.5 Å². The van der Waals surface area contributed by atoms with E-state index in [0.29, 0.717) is 10.8 Å². The van der Waals surface area contributed by atoms with Gasteiger partial charge in [-0.05, 0) is 35.0 Å². The first kappa shape index (κ1) is 9.78. The minimum atomic E-state index is -0.160. The van der Waals surface area contributed by atoms with E-state index in [1.165, 1.54) is 6.07 Å². The summed E-state index contributed by atoms with van der Waals surface area (Å²) in [6.45, 7) is 0. The Morgan fingerprint density at radius 3 is 2.24 bits per heavy atom. The van der Waals surface area contributed by atoms with Crippen molar-refractivity contribution >= 4 is 21.5 Å². The molecule has 0 amide bonds. The van der Waals surface area contributed by atoms with E-state index >= 15 is 0 Å². The lowest BCUT2D eigenvalue weighted by molar-refractivity contribution is 0.408. The number of hydrogen-bond donors (Lipinski definition) is 3. The summed E-state index contributed by atoms with van der Waals surface area (Å²) in [5.41, 5.74) is 0. The SMILES string of the molecule is Oc1ccc2cc3cccc(O)c3cc2c1O. The van der Waals surface area contributed by atoms with E-state index < -0.39 is 0 Å². The highest BCUT2D eigenvalue weighted by Crippen LogP contribution is 2.37. The van der Waals surface area contributed by atoms with E-state index in [2.05, 4.69) is 0 Å². The highest BCUT2D eigenvalue weighted by Gasteiger charge is 2.08. The van der Waals surface area contributed by atoms with Crippen molar-refractivity contribution in [3.05, 3.63) is 42.5 Å². The van der Waals surface area contributed by atoms with E-state index in [0.717, 1.165) is 10.8 Å². The molecule has 3 rings (SSSR count). The number of aromatic hydroxyl groups is 3. The molecule has 0 unspecified atom stereocenters. The maximum absolute atomic E-state index is 9.78. The fourth-order valence-electron chi connectivity index (χ4n) is 2.06. The second-order valence-electron chi connectivity index (χ2n) is 4.00. The number of phenolic OH excluding ortho intramolecular Hbond substituents is 3. The second kappa shape index (κ2) is 3.28. The molecular formula is C14H10O3. The minimum Gasteiger partial charge on any atom is -0.507 e. The molecule has 0 fully saturated rings. The molecule has 0 aliphatic rings. The van der Waals surface area contributed by atoms with Crippen molar-refractivity contribution in [1.82, 2.24) is 0 Å². The first-order chi connectivity index (χ1) is 8.16. The first-order valence-corrected chi connectivity index (χ1v) is 5.23. The van der Waals surface area contributed by atoms with E-state index in [1.54, 1.807) is 24.3 Å². The Bertz CT molecular complexity index is 732. The number of phenols is 3. The highest BCUT2D eigenvalue weighted by molar-refractivity contribution is 6.03. The Labute approximate surface area is 97.2 Å². The molecule has 0 saturated heterocycles. The van der Waals surface area contributed by atoms with Crippen LogP contribution in [0.1, 0.15) is 0 Å². The van der Waals surface area contributed by atoms with Crippen molar-refractivity contribution in [2.24, 2.45) is 0 Å². The molecule has 84 valence electrons. The predicted molar refractivity (Wildman–Crippen MR) is 66.4 cm³/mol. The molecule has 0 atom stereocenters. The molecule has 0 bridgehead atoms. The van der Waals surface area contributed by atoms with Crippen LogP contribution in [-0.4, -0.2) is 15.3 Å². The van der Waals surface area contributed by atoms with Crippen molar-refractivity contribution in [1.29, 1.82) is 0 Å². The highest BCUT2D eigenvalue weighted by atomic mass is 16.3. The van der Waals surface area contributed by atoms with Gasteiger partial charge in [-0.2, -0.15) is 0 Å². The molecule has 3 heteroatoms. The van der Waals surface area contributed by atoms with Gasteiger partial charge in [0.05, 0.1) is 0 Å². The van der Waals surface area contributed by atoms with Gasteiger partial charge < -0.3 is 15.3 Å². The molecule has 3 nitrogen and oxygen atoms in total. The molecule has 0 radical (unpaired) electrons. The zero-order valence-corrected chi connectivity index (χ0v) is 8.88. The maximum Gasteiger partial charge on any atom is 0.165 e. The summed E-state index contributed by atoms with van der Waals surface area (Å²) in [6.07, 6.45) is 0. The molecule has 0 spiro atoms. The monoisotopic (exact) mass is 226 g/mol. The minimum absolute atomic E-state index is 0.159. The quantitative estimate of drug-likeness (QED) is 0.407. The fourth-order valence-corrected chi connectivity index (χ4v) is 2.06. The van der Waals surface area contributed by atoms with Crippen molar-refractivity contribution in [2.45, 2.75) is 0 Å². The van der Waals surface area contributed by atoms with Crippen molar-refractivity contribution < 1.29 is 15.3 Å². The Kier molecular flexibility index (Phi) is 1.89. The van der Waals surface area contributed by atoms with Gasteiger partial charge in [-0.25, -0.2) is 0 Å².